The van der Waals surface area contributed by atoms with E-state index in [2.05, 4.69) is 19.2 Å². The average molecular weight is 261 g/mol. The lowest BCUT2D eigenvalue weighted by atomic mass is 10.1. The zero-order chi connectivity index (χ0) is 12.5. The van der Waals surface area contributed by atoms with Crippen molar-refractivity contribution < 1.29 is 9.84 Å². The summed E-state index contributed by atoms with van der Waals surface area (Å²) in [7, 11) is 0. The summed E-state index contributed by atoms with van der Waals surface area (Å²) in [6, 6.07) is 0.593. The smallest absolute Gasteiger partial charge is 0.0897 e. The molecule has 0 aromatic rings. The van der Waals surface area contributed by atoms with Gasteiger partial charge in [0.2, 0.25) is 0 Å². The summed E-state index contributed by atoms with van der Waals surface area (Å²) in [6.07, 6.45) is 3.16. The molecular formula is C13H27NO2S. The molecular weight excluding hydrogens is 234 g/mol. The molecule has 1 heterocycles. The zero-order valence-corrected chi connectivity index (χ0v) is 12.0. The van der Waals surface area contributed by atoms with Crippen LogP contribution < -0.4 is 5.32 Å². The largest absolute Gasteiger partial charge is 0.389 e. The van der Waals surface area contributed by atoms with Crippen molar-refractivity contribution >= 4 is 11.8 Å². The molecule has 0 radical (unpaired) electrons. The number of ether oxygens (including phenoxy) is 1. The van der Waals surface area contributed by atoms with Crippen LogP contribution in [-0.2, 0) is 4.74 Å². The normalized spacial score (nSPS) is 22.2. The molecule has 1 rings (SSSR count). The van der Waals surface area contributed by atoms with E-state index in [0.717, 1.165) is 18.9 Å². The van der Waals surface area contributed by atoms with Gasteiger partial charge in [0.15, 0.2) is 0 Å². The van der Waals surface area contributed by atoms with Crippen molar-refractivity contribution in [2.45, 2.75) is 45.3 Å². The first-order valence-electron chi connectivity index (χ1n) is 6.75. The van der Waals surface area contributed by atoms with Gasteiger partial charge in [0.25, 0.3) is 0 Å². The number of nitrogens with one attached hydrogen (secondary N) is 1. The van der Waals surface area contributed by atoms with Crippen LogP contribution in [-0.4, -0.2) is 48.5 Å². The minimum Gasteiger partial charge on any atom is -0.389 e. The highest BCUT2D eigenvalue weighted by Crippen LogP contribution is 2.16. The van der Waals surface area contributed by atoms with Gasteiger partial charge in [0.05, 0.1) is 12.7 Å². The number of aliphatic hydroxyl groups excluding tert-OH is 1. The molecule has 2 atom stereocenters. The lowest BCUT2D eigenvalue weighted by Crippen LogP contribution is -2.37. The van der Waals surface area contributed by atoms with E-state index in [1.165, 1.54) is 24.3 Å². The van der Waals surface area contributed by atoms with Crippen molar-refractivity contribution in [3.8, 4) is 0 Å². The molecule has 0 aromatic heterocycles. The lowest BCUT2D eigenvalue weighted by molar-refractivity contribution is 0.0338. The molecule has 17 heavy (non-hydrogen) atoms. The fourth-order valence-corrected chi connectivity index (χ4v) is 3.06. The van der Waals surface area contributed by atoms with Gasteiger partial charge in [-0.3, -0.25) is 0 Å². The van der Waals surface area contributed by atoms with E-state index in [0.29, 0.717) is 19.2 Å². The second kappa shape index (κ2) is 9.20. The van der Waals surface area contributed by atoms with E-state index in [9.17, 15) is 5.11 Å². The molecule has 0 aliphatic carbocycles. The lowest BCUT2D eigenvalue weighted by Gasteiger charge is -2.16. The van der Waals surface area contributed by atoms with Crippen LogP contribution in [0.2, 0.25) is 0 Å². The van der Waals surface area contributed by atoms with E-state index in [4.69, 9.17) is 4.74 Å². The van der Waals surface area contributed by atoms with Crippen LogP contribution in [0.15, 0.2) is 0 Å². The monoisotopic (exact) mass is 261 g/mol. The molecule has 1 saturated heterocycles. The zero-order valence-electron chi connectivity index (χ0n) is 11.2. The topological polar surface area (TPSA) is 41.5 Å². The van der Waals surface area contributed by atoms with E-state index in [-0.39, 0.29) is 6.10 Å². The van der Waals surface area contributed by atoms with Crippen molar-refractivity contribution in [1.82, 2.24) is 5.32 Å². The Kier molecular flexibility index (Phi) is 8.27. The Bertz CT molecular complexity index is 184. The van der Waals surface area contributed by atoms with Gasteiger partial charge in [0, 0.05) is 24.9 Å². The maximum absolute atomic E-state index is 9.72. The van der Waals surface area contributed by atoms with E-state index in [1.54, 1.807) is 0 Å². The molecule has 1 aliphatic rings. The minimum absolute atomic E-state index is 0.361. The third-order valence-electron chi connectivity index (χ3n) is 2.95. The van der Waals surface area contributed by atoms with E-state index < -0.39 is 0 Å². The molecule has 2 unspecified atom stereocenters. The molecule has 102 valence electrons. The first-order chi connectivity index (χ1) is 8.18. The molecule has 3 nitrogen and oxygen atoms in total. The van der Waals surface area contributed by atoms with Gasteiger partial charge in [-0.15, -0.1) is 0 Å². The number of hydrogen-bond donors (Lipinski definition) is 2. The Balaban J connectivity index is 1.88. The van der Waals surface area contributed by atoms with Crippen LogP contribution in [0.3, 0.4) is 0 Å². The van der Waals surface area contributed by atoms with Crippen LogP contribution >= 0.6 is 11.8 Å². The summed E-state index contributed by atoms with van der Waals surface area (Å²) in [5.74, 6) is 3.17. The summed E-state index contributed by atoms with van der Waals surface area (Å²) in [4.78, 5) is 0. The van der Waals surface area contributed by atoms with Gasteiger partial charge in [0.1, 0.15) is 0 Å². The SMILES string of the molecule is CC(C)CCCOCC(O)CNC1CCSC1. The molecule has 0 bridgehead atoms. The van der Waals surface area contributed by atoms with Crippen molar-refractivity contribution in [1.29, 1.82) is 0 Å². The first-order valence-corrected chi connectivity index (χ1v) is 7.91. The predicted molar refractivity (Wildman–Crippen MR) is 74.6 cm³/mol. The van der Waals surface area contributed by atoms with Crippen molar-refractivity contribution in [3.63, 3.8) is 0 Å². The molecule has 0 amide bonds. The number of rotatable bonds is 9. The Morgan fingerprint density at radius 3 is 2.94 bits per heavy atom. The Morgan fingerprint density at radius 2 is 2.29 bits per heavy atom. The van der Waals surface area contributed by atoms with Crippen LogP contribution in [0.5, 0.6) is 0 Å². The fourth-order valence-electron chi connectivity index (χ4n) is 1.87. The quantitative estimate of drug-likeness (QED) is 0.622. The third kappa shape index (κ3) is 8.03. The van der Waals surface area contributed by atoms with E-state index in [1.807, 2.05) is 11.8 Å². The first kappa shape index (κ1) is 15.3. The summed E-state index contributed by atoms with van der Waals surface area (Å²) in [6.45, 7) is 6.34. The molecule has 1 fully saturated rings. The van der Waals surface area contributed by atoms with Crippen LogP contribution in [0.4, 0.5) is 0 Å². The Labute approximate surface area is 110 Å². The maximum Gasteiger partial charge on any atom is 0.0897 e. The number of aliphatic hydroxyl groups is 1. The number of thioether (sulfide) groups is 1. The second-order valence-electron chi connectivity index (χ2n) is 5.23. The highest BCUT2D eigenvalue weighted by molar-refractivity contribution is 7.99. The maximum atomic E-state index is 9.72. The van der Waals surface area contributed by atoms with E-state index >= 15 is 0 Å². The van der Waals surface area contributed by atoms with Gasteiger partial charge >= 0.3 is 0 Å². The Morgan fingerprint density at radius 1 is 1.47 bits per heavy atom. The van der Waals surface area contributed by atoms with Gasteiger partial charge in [-0.1, -0.05) is 13.8 Å². The van der Waals surface area contributed by atoms with Crippen molar-refractivity contribution in [3.05, 3.63) is 0 Å². The summed E-state index contributed by atoms with van der Waals surface area (Å²) < 4.78 is 5.47. The molecule has 1 aliphatic heterocycles. The molecule has 2 N–H and O–H groups in total. The number of hydrogen-bond acceptors (Lipinski definition) is 4. The Hall–Kier alpha value is 0.230. The molecule has 0 saturated carbocycles. The van der Waals surface area contributed by atoms with Gasteiger partial charge in [-0.25, -0.2) is 0 Å². The predicted octanol–water partition coefficient (Wildman–Crippen LogP) is 1.90. The van der Waals surface area contributed by atoms with Crippen molar-refractivity contribution in [2.75, 3.05) is 31.3 Å². The third-order valence-corrected chi connectivity index (χ3v) is 4.11. The summed E-state index contributed by atoms with van der Waals surface area (Å²) in [5.41, 5.74) is 0. The summed E-state index contributed by atoms with van der Waals surface area (Å²) >= 11 is 1.99. The highest BCUT2D eigenvalue weighted by Gasteiger charge is 2.15. The van der Waals surface area contributed by atoms with Crippen LogP contribution in [0.1, 0.15) is 33.1 Å². The second-order valence-corrected chi connectivity index (χ2v) is 6.38. The molecule has 4 heteroatoms. The molecule has 0 spiro atoms. The minimum atomic E-state index is -0.361. The average Bonchev–Trinajstić information content (AvgIpc) is 2.78. The van der Waals surface area contributed by atoms with Crippen LogP contribution in [0.25, 0.3) is 0 Å². The van der Waals surface area contributed by atoms with Gasteiger partial charge < -0.3 is 15.2 Å². The standard InChI is InChI=1S/C13H27NO2S/c1-11(2)4-3-6-16-9-13(15)8-14-12-5-7-17-10-12/h11-15H,3-10H2,1-2H3. The van der Waals surface area contributed by atoms with Gasteiger partial charge in [-0.2, -0.15) is 11.8 Å². The fraction of sp³-hybridized carbons (Fsp3) is 1.00. The van der Waals surface area contributed by atoms with Crippen molar-refractivity contribution in [2.24, 2.45) is 5.92 Å². The highest BCUT2D eigenvalue weighted by atomic mass is 32.2. The van der Waals surface area contributed by atoms with Gasteiger partial charge in [-0.05, 0) is 30.9 Å². The molecule has 0 aromatic carbocycles. The van der Waals surface area contributed by atoms with Crippen LogP contribution in [0, 0.1) is 5.92 Å². The summed E-state index contributed by atoms with van der Waals surface area (Å²) in [5, 5.41) is 13.1.